The summed E-state index contributed by atoms with van der Waals surface area (Å²) in [5.74, 6) is 0. The van der Waals surface area contributed by atoms with Crippen molar-refractivity contribution in [3.05, 3.63) is 105 Å². The van der Waals surface area contributed by atoms with Gasteiger partial charge in [-0.05, 0) is 36.4 Å². The molecule has 0 spiro atoms. The number of benzene rings is 3. The molecule has 0 amide bonds. The van der Waals surface area contributed by atoms with Crippen LogP contribution in [0.5, 0.6) is 0 Å². The Morgan fingerprint density at radius 3 is 1.14 bits per heavy atom. The molecule has 0 N–H and O–H groups in total. The van der Waals surface area contributed by atoms with Crippen LogP contribution in [0.4, 0.5) is 0 Å². The highest BCUT2D eigenvalue weighted by Crippen LogP contribution is 2.42. The molecular formula is C27H23Cl3O6. The summed E-state index contributed by atoms with van der Waals surface area (Å²) in [6.07, 6.45) is -3.67. The Kier molecular flexibility index (Phi) is 7.23. The van der Waals surface area contributed by atoms with Crippen molar-refractivity contribution in [3.8, 4) is 0 Å². The van der Waals surface area contributed by atoms with E-state index in [0.29, 0.717) is 28.3 Å². The summed E-state index contributed by atoms with van der Waals surface area (Å²) < 4.78 is 37.9. The van der Waals surface area contributed by atoms with Gasteiger partial charge in [0, 0.05) is 31.8 Å². The van der Waals surface area contributed by atoms with Crippen LogP contribution in [0.15, 0.2) is 72.8 Å². The average molecular weight is 550 g/mol. The lowest BCUT2D eigenvalue weighted by Gasteiger charge is -2.42. The minimum atomic E-state index is -0.664. The first-order valence-electron chi connectivity index (χ1n) is 11.6. The van der Waals surface area contributed by atoms with Crippen molar-refractivity contribution in [1.82, 2.24) is 0 Å². The molecular weight excluding hydrogens is 527 g/mol. The van der Waals surface area contributed by atoms with Crippen LogP contribution < -0.4 is 0 Å². The second-order valence-corrected chi connectivity index (χ2v) is 10.2. The van der Waals surface area contributed by atoms with E-state index < -0.39 is 43.3 Å². The highest BCUT2D eigenvalue weighted by Gasteiger charge is 2.50. The van der Waals surface area contributed by atoms with Crippen molar-refractivity contribution >= 4 is 34.8 Å². The zero-order chi connectivity index (χ0) is 24.6. The molecule has 0 radical (unpaired) electrons. The molecule has 0 aromatic heterocycles. The lowest BCUT2D eigenvalue weighted by Crippen LogP contribution is -2.55. The first kappa shape index (κ1) is 24.6. The Morgan fingerprint density at radius 2 is 0.778 bits per heavy atom. The maximum absolute atomic E-state index is 6.48. The van der Waals surface area contributed by atoms with E-state index in [4.69, 9.17) is 63.2 Å². The molecule has 3 fully saturated rings. The van der Waals surface area contributed by atoms with Crippen molar-refractivity contribution < 1.29 is 28.4 Å². The monoisotopic (exact) mass is 548 g/mol. The van der Waals surface area contributed by atoms with Crippen LogP contribution in [0.1, 0.15) is 35.6 Å². The van der Waals surface area contributed by atoms with E-state index in [2.05, 4.69) is 0 Å². The zero-order valence-electron chi connectivity index (χ0n) is 19.0. The standard InChI is InChI=1S/C27H23Cl3O6/c28-18-7-1-15(2-8-18)25-31-13-21-23(35-25)24-22(34-27(33-21)17-5-11-20(30)12-6-17)14-32-26(36-24)16-3-9-19(29)10-4-16/h1-12,21-27H,13-14H2/t21-,22+,23-,24-,25?,26?,27?/m0/s1. The van der Waals surface area contributed by atoms with E-state index in [1.54, 1.807) is 12.1 Å². The fraction of sp³-hybridized carbons (Fsp3) is 0.333. The molecule has 7 atom stereocenters. The molecule has 3 aliphatic rings. The maximum Gasteiger partial charge on any atom is 0.184 e. The summed E-state index contributed by atoms with van der Waals surface area (Å²) in [6, 6.07) is 22.1. The van der Waals surface area contributed by atoms with E-state index >= 15 is 0 Å². The van der Waals surface area contributed by atoms with Crippen molar-refractivity contribution in [2.75, 3.05) is 13.2 Å². The van der Waals surface area contributed by atoms with Gasteiger partial charge < -0.3 is 28.4 Å². The molecule has 0 aliphatic carbocycles. The molecule has 3 aliphatic heterocycles. The molecule has 3 saturated heterocycles. The Morgan fingerprint density at radius 1 is 0.444 bits per heavy atom. The van der Waals surface area contributed by atoms with Gasteiger partial charge in [0.2, 0.25) is 0 Å². The Labute approximate surface area is 223 Å². The van der Waals surface area contributed by atoms with Gasteiger partial charge >= 0.3 is 0 Å². The molecule has 3 unspecified atom stereocenters. The largest absolute Gasteiger partial charge is 0.346 e. The highest BCUT2D eigenvalue weighted by atomic mass is 35.5. The van der Waals surface area contributed by atoms with Crippen LogP contribution >= 0.6 is 34.8 Å². The quantitative estimate of drug-likeness (QED) is 0.364. The summed E-state index contributed by atoms with van der Waals surface area (Å²) >= 11 is 18.2. The molecule has 0 bridgehead atoms. The zero-order valence-corrected chi connectivity index (χ0v) is 21.2. The second kappa shape index (κ2) is 10.6. The van der Waals surface area contributed by atoms with E-state index in [9.17, 15) is 0 Å². The normalized spacial score (nSPS) is 32.2. The van der Waals surface area contributed by atoms with Gasteiger partial charge in [0.1, 0.15) is 24.4 Å². The molecule has 188 valence electrons. The highest BCUT2D eigenvalue weighted by molar-refractivity contribution is 6.31. The van der Waals surface area contributed by atoms with Gasteiger partial charge in [-0.1, -0.05) is 71.2 Å². The maximum atomic E-state index is 6.48. The molecule has 0 saturated carbocycles. The van der Waals surface area contributed by atoms with Gasteiger partial charge in [-0.2, -0.15) is 0 Å². The predicted octanol–water partition coefficient (Wildman–Crippen LogP) is 6.66. The number of rotatable bonds is 3. The average Bonchev–Trinajstić information content (AvgIpc) is 3.06. The fourth-order valence-corrected chi connectivity index (χ4v) is 5.00. The van der Waals surface area contributed by atoms with Crippen LogP contribution in [-0.4, -0.2) is 37.6 Å². The van der Waals surface area contributed by atoms with Crippen molar-refractivity contribution in [2.24, 2.45) is 0 Å². The smallest absolute Gasteiger partial charge is 0.184 e. The molecule has 3 aromatic rings. The van der Waals surface area contributed by atoms with Crippen LogP contribution in [-0.2, 0) is 28.4 Å². The molecule has 36 heavy (non-hydrogen) atoms. The summed E-state index contributed by atoms with van der Waals surface area (Å²) in [5.41, 5.74) is 2.55. The molecule has 9 heteroatoms. The van der Waals surface area contributed by atoms with Gasteiger partial charge in [-0.25, -0.2) is 0 Å². The van der Waals surface area contributed by atoms with Crippen molar-refractivity contribution in [3.63, 3.8) is 0 Å². The van der Waals surface area contributed by atoms with Gasteiger partial charge in [0.05, 0.1) is 13.2 Å². The van der Waals surface area contributed by atoms with E-state index in [-0.39, 0.29) is 0 Å². The molecule has 6 nitrogen and oxygen atoms in total. The first-order chi connectivity index (χ1) is 17.5. The van der Waals surface area contributed by atoms with Crippen LogP contribution in [0, 0.1) is 0 Å². The number of halogens is 3. The van der Waals surface area contributed by atoms with Crippen LogP contribution in [0.25, 0.3) is 0 Å². The topological polar surface area (TPSA) is 55.4 Å². The Hall–Kier alpha value is -1.71. The summed E-state index contributed by atoms with van der Waals surface area (Å²) in [5, 5.41) is 1.92. The SMILES string of the molecule is Clc1ccc(C2OC[C@@H]3OC(c4ccc(Cl)cc4)O[C@@H]4COC(c5ccc(Cl)cc5)O[C@@H]4[C@H]3O2)cc1. The van der Waals surface area contributed by atoms with Crippen molar-refractivity contribution in [2.45, 2.75) is 43.3 Å². The van der Waals surface area contributed by atoms with Gasteiger partial charge in [0.25, 0.3) is 0 Å². The third kappa shape index (κ3) is 5.16. The summed E-state index contributed by atoms with van der Waals surface area (Å²) in [4.78, 5) is 0. The van der Waals surface area contributed by atoms with Gasteiger partial charge in [0.15, 0.2) is 18.9 Å². The lowest BCUT2D eigenvalue weighted by atomic mass is 10.0. The third-order valence-electron chi connectivity index (χ3n) is 6.47. The first-order valence-corrected chi connectivity index (χ1v) is 12.8. The van der Waals surface area contributed by atoms with Crippen molar-refractivity contribution in [1.29, 1.82) is 0 Å². The number of fused-ring (bicyclic) bond motifs is 3. The fourth-order valence-electron chi connectivity index (χ4n) is 4.62. The molecule has 6 rings (SSSR count). The minimum Gasteiger partial charge on any atom is -0.346 e. The molecule has 3 heterocycles. The summed E-state index contributed by atoms with van der Waals surface area (Å²) in [7, 11) is 0. The van der Waals surface area contributed by atoms with Crippen LogP contribution in [0.2, 0.25) is 15.1 Å². The van der Waals surface area contributed by atoms with E-state index in [1.807, 2.05) is 60.7 Å². The summed E-state index contributed by atoms with van der Waals surface area (Å²) in [6.45, 7) is 0.592. The molecule has 3 aromatic carbocycles. The van der Waals surface area contributed by atoms with Gasteiger partial charge in [-0.15, -0.1) is 0 Å². The Bertz CT molecular complexity index is 1100. The number of hydrogen-bond donors (Lipinski definition) is 0. The lowest BCUT2D eigenvalue weighted by molar-refractivity contribution is -0.319. The number of hydrogen-bond acceptors (Lipinski definition) is 6. The Balaban J connectivity index is 1.30. The number of ether oxygens (including phenoxy) is 6. The van der Waals surface area contributed by atoms with Gasteiger partial charge in [-0.3, -0.25) is 0 Å². The van der Waals surface area contributed by atoms with E-state index in [1.165, 1.54) is 0 Å². The minimum absolute atomic E-state index is 0.296. The predicted molar refractivity (Wildman–Crippen MR) is 134 cm³/mol. The van der Waals surface area contributed by atoms with E-state index in [0.717, 1.165) is 16.7 Å². The second-order valence-electron chi connectivity index (χ2n) is 8.87. The van der Waals surface area contributed by atoms with Crippen LogP contribution in [0.3, 0.4) is 0 Å². The third-order valence-corrected chi connectivity index (χ3v) is 7.22.